The lowest BCUT2D eigenvalue weighted by Crippen LogP contribution is -2.41. The van der Waals surface area contributed by atoms with Crippen molar-refractivity contribution < 1.29 is 28.3 Å². The fourth-order valence-electron chi connectivity index (χ4n) is 11.0. The molecule has 8 rings (SSSR count). The summed E-state index contributed by atoms with van der Waals surface area (Å²) < 4.78 is 40.1. The Kier molecular flexibility index (Phi) is 23.5. The molecular weight excluding hydrogens is 1000 g/mol. The lowest BCUT2D eigenvalue weighted by atomic mass is 9.79. The quantitative estimate of drug-likeness (QED) is 0.0298. The minimum absolute atomic E-state index is 0.565. The fourth-order valence-corrected chi connectivity index (χ4v) is 11.0. The number of hydrogen-bond acceptors (Lipinski definition) is 8. The molecule has 0 atom stereocenters. The van der Waals surface area contributed by atoms with Crippen molar-refractivity contribution in [3.05, 3.63) is 89.5 Å². The van der Waals surface area contributed by atoms with Crippen LogP contribution < -0.4 is 24.4 Å². The largest absolute Gasteiger partial charge is 0.497 e. The monoisotopic (exact) mass is 1100 g/mol. The number of H-pyrrole nitrogens is 2. The first kappa shape index (κ1) is 61.3. The van der Waals surface area contributed by atoms with Crippen molar-refractivity contribution in [2.24, 2.45) is 0 Å². The zero-order chi connectivity index (χ0) is 56.9. The molecular formula is C70H97BN4O6. The SMILES string of the molecule is CCCCCCCCOc1cc(OCCCCCCCC)cc(-c2c3nc(cc4[nH]c(cc4B4OC(C)(C)C(C)(C)O4)c(-c4cc(OCCCCCCCC)cc(OCCCCCCCC)c4)c4nc(cc5ccc2[nH]5)C=C4)C=C3)c1. The van der Waals surface area contributed by atoms with Gasteiger partial charge in [0.2, 0.25) is 0 Å². The van der Waals surface area contributed by atoms with Gasteiger partial charge in [-0.25, -0.2) is 9.97 Å². The predicted octanol–water partition coefficient (Wildman–Crippen LogP) is 19.2. The van der Waals surface area contributed by atoms with Gasteiger partial charge in [0.25, 0.3) is 0 Å². The van der Waals surface area contributed by atoms with Gasteiger partial charge in [-0.1, -0.05) is 156 Å². The molecule has 1 saturated heterocycles. The summed E-state index contributed by atoms with van der Waals surface area (Å²) in [7, 11) is -0.656. The first-order valence-electron chi connectivity index (χ1n) is 31.8. The van der Waals surface area contributed by atoms with Crippen LogP contribution in [0.4, 0.5) is 0 Å². The van der Waals surface area contributed by atoms with E-state index in [-0.39, 0.29) is 0 Å². The fraction of sp³-hybridized carbons (Fsp3) is 0.543. The Balaban J connectivity index is 1.25. The number of nitrogens with zero attached hydrogens (tertiary/aromatic N) is 2. The van der Waals surface area contributed by atoms with E-state index in [0.717, 1.165) is 147 Å². The normalized spacial score (nSPS) is 14.3. The molecule has 11 heteroatoms. The predicted molar refractivity (Wildman–Crippen MR) is 341 cm³/mol. The van der Waals surface area contributed by atoms with Gasteiger partial charge >= 0.3 is 7.12 Å². The minimum atomic E-state index is -0.656. The van der Waals surface area contributed by atoms with Gasteiger partial charge in [0.05, 0.1) is 60.4 Å². The van der Waals surface area contributed by atoms with Crippen molar-refractivity contribution in [2.45, 2.75) is 221 Å². The first-order chi connectivity index (χ1) is 39.5. The van der Waals surface area contributed by atoms with Crippen molar-refractivity contribution in [3.8, 4) is 45.3 Å². The molecule has 3 aromatic heterocycles. The molecule has 0 saturated carbocycles. The van der Waals surface area contributed by atoms with Crippen LogP contribution in [0.15, 0.2) is 66.7 Å². The van der Waals surface area contributed by atoms with Gasteiger partial charge in [-0.05, 0) is 143 Å². The van der Waals surface area contributed by atoms with Crippen molar-refractivity contribution in [1.82, 2.24) is 19.9 Å². The van der Waals surface area contributed by atoms with Crippen molar-refractivity contribution in [2.75, 3.05) is 26.4 Å². The van der Waals surface area contributed by atoms with E-state index in [1.807, 2.05) is 0 Å². The molecule has 5 aromatic rings. The summed E-state index contributed by atoms with van der Waals surface area (Å²) in [5, 5.41) is 0. The summed E-state index contributed by atoms with van der Waals surface area (Å²) >= 11 is 0. The molecule has 0 amide bonds. The number of aromatic nitrogens is 4. The topological polar surface area (TPSA) is 113 Å². The number of hydrogen-bond donors (Lipinski definition) is 2. The van der Waals surface area contributed by atoms with E-state index in [9.17, 15) is 0 Å². The maximum Gasteiger partial charge on any atom is 0.497 e. The zero-order valence-corrected chi connectivity index (χ0v) is 50.9. The van der Waals surface area contributed by atoms with Gasteiger partial charge < -0.3 is 38.2 Å². The number of benzene rings is 2. The Bertz CT molecular complexity index is 2920. The number of fused-ring (bicyclic) bond motifs is 8. The third-order valence-corrected chi connectivity index (χ3v) is 16.5. The van der Waals surface area contributed by atoms with Crippen LogP contribution in [-0.4, -0.2) is 64.7 Å². The molecule has 6 heterocycles. The Morgan fingerprint density at radius 3 is 1.20 bits per heavy atom. The smallest absolute Gasteiger partial charge is 0.493 e. The van der Waals surface area contributed by atoms with E-state index >= 15 is 0 Å². The highest BCUT2D eigenvalue weighted by atomic mass is 16.7. The molecule has 1 fully saturated rings. The van der Waals surface area contributed by atoms with Crippen LogP contribution >= 0.6 is 0 Å². The van der Waals surface area contributed by atoms with Gasteiger partial charge in [0.15, 0.2) is 0 Å². The molecule has 81 heavy (non-hydrogen) atoms. The van der Waals surface area contributed by atoms with E-state index in [2.05, 4.69) is 156 Å². The summed E-state index contributed by atoms with van der Waals surface area (Å²) in [6.07, 6.45) is 37.2. The first-order valence-corrected chi connectivity index (χ1v) is 31.8. The van der Waals surface area contributed by atoms with Crippen LogP contribution in [0.3, 0.4) is 0 Å². The molecule has 8 bridgehead atoms. The Morgan fingerprint density at radius 2 is 0.778 bits per heavy atom. The second-order valence-corrected chi connectivity index (χ2v) is 23.9. The highest BCUT2D eigenvalue weighted by Crippen LogP contribution is 2.40. The third-order valence-electron chi connectivity index (χ3n) is 16.5. The second kappa shape index (κ2) is 31.0. The van der Waals surface area contributed by atoms with Crippen LogP contribution in [0, 0.1) is 0 Å². The number of aromatic amines is 2. The summed E-state index contributed by atoms with van der Waals surface area (Å²) in [5.41, 5.74) is 10.3. The van der Waals surface area contributed by atoms with Crippen molar-refractivity contribution in [1.29, 1.82) is 0 Å². The summed E-state index contributed by atoms with van der Waals surface area (Å²) in [6.45, 7) is 20.1. The standard InChI is InChI=1S/C70H97BN4O6/c1-9-13-17-21-25-29-39-76-57-43-52(44-58(49-57)77-40-30-26-22-18-14-10-2)67-62-36-33-54(72-62)47-55-34-37-64(73-55)68(66-51-61(71-80-69(5,6)70(7,8)81-71)65(75-66)48-56-35-38-63(67)74-56)53-45-59(78-41-31-27-23-19-15-11-3)50-60(46-53)79-42-32-28-24-20-16-12-4/h33-38,43-51,72,75H,9-32,39-42H2,1-8H3. The zero-order valence-electron chi connectivity index (χ0n) is 50.9. The van der Waals surface area contributed by atoms with Gasteiger partial charge in [-0.15, -0.1) is 0 Å². The number of rotatable bonds is 35. The molecule has 2 N–H and O–H groups in total. The molecule has 436 valence electrons. The maximum atomic E-state index is 6.86. The lowest BCUT2D eigenvalue weighted by molar-refractivity contribution is 0.00578. The average Bonchev–Trinajstić information content (AvgIpc) is 4.36. The van der Waals surface area contributed by atoms with Crippen LogP contribution in [-0.2, 0) is 9.31 Å². The molecule has 0 aliphatic carbocycles. The number of nitrogens with one attached hydrogen (secondary N) is 2. The number of unbranched alkanes of at least 4 members (excludes halogenated alkanes) is 20. The van der Waals surface area contributed by atoms with E-state index < -0.39 is 18.3 Å². The molecule has 2 aromatic carbocycles. The van der Waals surface area contributed by atoms with Gasteiger partial charge in [-0.2, -0.15) is 0 Å². The molecule has 3 aliphatic heterocycles. The van der Waals surface area contributed by atoms with Crippen LogP contribution in [0.5, 0.6) is 23.0 Å². The highest BCUT2D eigenvalue weighted by Gasteiger charge is 2.52. The third kappa shape index (κ3) is 17.6. The summed E-state index contributed by atoms with van der Waals surface area (Å²) in [5.74, 6) is 3.17. The lowest BCUT2D eigenvalue weighted by Gasteiger charge is -2.32. The molecule has 0 radical (unpaired) electrons. The Hall–Kier alpha value is -5.78. The second-order valence-electron chi connectivity index (χ2n) is 23.9. The summed E-state index contributed by atoms with van der Waals surface area (Å²) in [4.78, 5) is 18.5. The van der Waals surface area contributed by atoms with E-state index in [1.54, 1.807) is 0 Å². The summed E-state index contributed by atoms with van der Waals surface area (Å²) in [6, 6.07) is 23.4. The van der Waals surface area contributed by atoms with E-state index in [1.165, 1.54) is 103 Å². The maximum absolute atomic E-state index is 6.86. The van der Waals surface area contributed by atoms with Crippen molar-refractivity contribution in [3.63, 3.8) is 0 Å². The van der Waals surface area contributed by atoms with E-state index in [0.29, 0.717) is 26.4 Å². The Morgan fingerprint density at radius 1 is 0.395 bits per heavy atom. The van der Waals surface area contributed by atoms with Crippen LogP contribution in [0.25, 0.3) is 68.6 Å². The van der Waals surface area contributed by atoms with Crippen LogP contribution in [0.2, 0.25) is 0 Å². The Labute approximate surface area is 486 Å². The number of ether oxygens (including phenoxy) is 4. The highest BCUT2D eigenvalue weighted by molar-refractivity contribution is 6.64. The molecule has 10 nitrogen and oxygen atoms in total. The van der Waals surface area contributed by atoms with Gasteiger partial charge in [0.1, 0.15) is 23.0 Å². The van der Waals surface area contributed by atoms with E-state index in [4.69, 9.17) is 38.2 Å². The van der Waals surface area contributed by atoms with Gasteiger partial charge in [0, 0.05) is 50.8 Å². The van der Waals surface area contributed by atoms with Crippen molar-refractivity contribution >= 4 is 59.0 Å². The minimum Gasteiger partial charge on any atom is -0.493 e. The molecule has 0 spiro atoms. The molecule has 3 aliphatic rings. The van der Waals surface area contributed by atoms with Gasteiger partial charge in [-0.3, -0.25) is 0 Å². The molecule has 0 unspecified atom stereocenters. The average molecular weight is 1100 g/mol. The van der Waals surface area contributed by atoms with Crippen LogP contribution in [0.1, 0.15) is 232 Å².